The molecule has 0 saturated carbocycles. The molecule has 94 valence electrons. The molecule has 6 heteroatoms. The number of nitrogens with zero attached hydrogens (tertiary/aromatic N) is 1. The molecule has 0 aromatic rings. The number of allylic oxidation sites excluding steroid dienone is 2. The summed E-state index contributed by atoms with van der Waals surface area (Å²) in [7, 11) is 0. The van der Waals surface area contributed by atoms with Gasteiger partial charge in [-0.15, -0.1) is 0 Å². The van der Waals surface area contributed by atoms with Gasteiger partial charge in [-0.05, 0) is 19.3 Å². The maximum Gasteiger partial charge on any atom is 0.323 e. The number of carbonyl (C=O) groups excluding carboxylic acids is 1. The molecule has 1 aliphatic rings. The molecule has 0 radical (unpaired) electrons. The van der Waals surface area contributed by atoms with Gasteiger partial charge in [0, 0.05) is 5.92 Å². The molecule has 0 heterocycles. The van der Waals surface area contributed by atoms with E-state index in [0.29, 0.717) is 12.8 Å². The van der Waals surface area contributed by atoms with Crippen molar-refractivity contribution in [3.05, 3.63) is 12.2 Å². The Morgan fingerprint density at radius 1 is 1.12 bits per heavy atom. The van der Waals surface area contributed by atoms with Gasteiger partial charge in [-0.25, -0.2) is 0 Å². The molecule has 0 aromatic carbocycles. The van der Waals surface area contributed by atoms with Crippen LogP contribution in [0.15, 0.2) is 12.2 Å². The highest BCUT2D eigenvalue weighted by molar-refractivity contribution is 5.86. The van der Waals surface area contributed by atoms with Gasteiger partial charge in [-0.2, -0.15) is 0 Å². The Kier molecular flexibility index (Phi) is 4.68. The van der Waals surface area contributed by atoms with Crippen LogP contribution in [-0.4, -0.2) is 46.0 Å². The summed E-state index contributed by atoms with van der Waals surface area (Å²) >= 11 is 0. The third kappa shape index (κ3) is 4.26. The van der Waals surface area contributed by atoms with Gasteiger partial charge < -0.3 is 15.1 Å². The predicted octanol–water partition coefficient (Wildman–Crippen LogP) is 0.340. The van der Waals surface area contributed by atoms with Crippen LogP contribution in [0, 0.1) is 5.92 Å². The number of carboxylic acids is 2. The zero-order chi connectivity index (χ0) is 12.8. The van der Waals surface area contributed by atoms with Gasteiger partial charge in [0.25, 0.3) is 0 Å². The highest BCUT2D eigenvalue weighted by Crippen LogP contribution is 2.20. The van der Waals surface area contributed by atoms with Gasteiger partial charge in [0.05, 0.1) is 0 Å². The lowest BCUT2D eigenvalue weighted by Crippen LogP contribution is -2.42. The summed E-state index contributed by atoms with van der Waals surface area (Å²) < 4.78 is 0. The number of rotatable bonds is 5. The van der Waals surface area contributed by atoms with Crippen LogP contribution in [0.3, 0.4) is 0 Å². The molecule has 1 atom stereocenters. The first-order valence-electron chi connectivity index (χ1n) is 5.38. The molecule has 1 unspecified atom stereocenters. The van der Waals surface area contributed by atoms with Crippen molar-refractivity contribution in [2.24, 2.45) is 5.92 Å². The molecular weight excluding hydrogens is 226 g/mol. The van der Waals surface area contributed by atoms with Crippen molar-refractivity contribution in [3.63, 3.8) is 0 Å². The van der Waals surface area contributed by atoms with Crippen molar-refractivity contribution in [1.29, 1.82) is 0 Å². The largest absolute Gasteiger partial charge is 0.480 e. The van der Waals surface area contributed by atoms with Crippen LogP contribution in [0.2, 0.25) is 0 Å². The van der Waals surface area contributed by atoms with E-state index in [0.717, 1.165) is 11.3 Å². The molecule has 1 rings (SSSR count). The Balaban J connectivity index is 2.67. The van der Waals surface area contributed by atoms with E-state index in [2.05, 4.69) is 0 Å². The standard InChI is InChI=1S/C11H15NO5/c13-9(14)6-12(7-10(15)16)11(17)8-4-2-1-3-5-8/h1-2,8H,3-7H2,(H,13,14)(H,15,16). The van der Waals surface area contributed by atoms with Gasteiger partial charge in [-0.3, -0.25) is 14.4 Å². The monoisotopic (exact) mass is 241 g/mol. The van der Waals surface area contributed by atoms with Gasteiger partial charge in [0.1, 0.15) is 13.1 Å². The van der Waals surface area contributed by atoms with Crippen LogP contribution in [0.4, 0.5) is 0 Å². The van der Waals surface area contributed by atoms with Crippen LogP contribution < -0.4 is 0 Å². The van der Waals surface area contributed by atoms with E-state index in [-0.39, 0.29) is 11.8 Å². The Bertz CT molecular complexity index is 334. The van der Waals surface area contributed by atoms with Crippen LogP contribution in [0.5, 0.6) is 0 Å². The number of hydrogen-bond donors (Lipinski definition) is 2. The molecule has 6 nitrogen and oxygen atoms in total. The molecule has 17 heavy (non-hydrogen) atoms. The third-order valence-electron chi connectivity index (χ3n) is 2.58. The quantitative estimate of drug-likeness (QED) is 0.677. The third-order valence-corrected chi connectivity index (χ3v) is 2.58. The SMILES string of the molecule is O=C(O)CN(CC(=O)O)C(=O)C1CC=CCC1. The van der Waals surface area contributed by atoms with Crippen LogP contribution in [0.25, 0.3) is 0 Å². The predicted molar refractivity (Wildman–Crippen MR) is 58.3 cm³/mol. The molecule has 1 amide bonds. The summed E-state index contributed by atoms with van der Waals surface area (Å²) in [6, 6.07) is 0. The molecule has 1 aliphatic carbocycles. The maximum atomic E-state index is 11.9. The van der Waals surface area contributed by atoms with E-state index in [1.807, 2.05) is 12.2 Å². The lowest BCUT2D eigenvalue weighted by Gasteiger charge is -2.25. The molecule has 0 bridgehead atoms. The fourth-order valence-electron chi connectivity index (χ4n) is 1.81. The molecule has 0 spiro atoms. The van der Waals surface area contributed by atoms with E-state index in [1.165, 1.54) is 0 Å². The van der Waals surface area contributed by atoms with E-state index in [9.17, 15) is 14.4 Å². The van der Waals surface area contributed by atoms with E-state index >= 15 is 0 Å². The summed E-state index contributed by atoms with van der Waals surface area (Å²) in [5.74, 6) is -3.09. The second-order valence-electron chi connectivity index (χ2n) is 3.96. The zero-order valence-corrected chi connectivity index (χ0v) is 9.33. The number of carboxylic acid groups (broad SMARTS) is 2. The van der Waals surface area contributed by atoms with Crippen LogP contribution >= 0.6 is 0 Å². The fraction of sp³-hybridized carbons (Fsp3) is 0.545. The number of amides is 1. The van der Waals surface area contributed by atoms with Gasteiger partial charge >= 0.3 is 11.9 Å². The smallest absolute Gasteiger partial charge is 0.323 e. The average Bonchev–Trinajstić information content (AvgIpc) is 2.27. The highest BCUT2D eigenvalue weighted by atomic mass is 16.4. The minimum atomic E-state index is -1.20. The lowest BCUT2D eigenvalue weighted by molar-refractivity contribution is -0.151. The molecule has 0 saturated heterocycles. The number of aliphatic carboxylic acids is 2. The minimum absolute atomic E-state index is 0.293. The summed E-state index contributed by atoms with van der Waals surface area (Å²) in [4.78, 5) is 34.0. The summed E-state index contributed by atoms with van der Waals surface area (Å²) in [6.07, 6.45) is 5.79. The zero-order valence-electron chi connectivity index (χ0n) is 9.33. The first-order chi connectivity index (χ1) is 8.00. The van der Waals surface area contributed by atoms with Crippen molar-refractivity contribution in [2.75, 3.05) is 13.1 Å². The Hall–Kier alpha value is -1.85. The normalized spacial score (nSPS) is 18.7. The summed E-state index contributed by atoms with van der Waals surface area (Å²) in [6.45, 7) is -1.13. The Morgan fingerprint density at radius 3 is 2.12 bits per heavy atom. The topological polar surface area (TPSA) is 94.9 Å². The minimum Gasteiger partial charge on any atom is -0.480 e. The number of carbonyl (C=O) groups is 3. The average molecular weight is 241 g/mol. The Labute approximate surface area is 98.5 Å². The van der Waals surface area contributed by atoms with Crippen LogP contribution in [0.1, 0.15) is 19.3 Å². The van der Waals surface area contributed by atoms with E-state index in [4.69, 9.17) is 10.2 Å². The van der Waals surface area contributed by atoms with Gasteiger partial charge in [0.15, 0.2) is 0 Å². The van der Waals surface area contributed by atoms with Crippen molar-refractivity contribution >= 4 is 17.8 Å². The van der Waals surface area contributed by atoms with Crippen molar-refractivity contribution in [1.82, 2.24) is 4.90 Å². The van der Waals surface area contributed by atoms with Gasteiger partial charge in [-0.1, -0.05) is 12.2 Å². The van der Waals surface area contributed by atoms with Crippen LogP contribution in [-0.2, 0) is 14.4 Å². The fourth-order valence-corrected chi connectivity index (χ4v) is 1.81. The molecule has 0 aromatic heterocycles. The van der Waals surface area contributed by atoms with E-state index < -0.39 is 25.0 Å². The second-order valence-corrected chi connectivity index (χ2v) is 3.96. The van der Waals surface area contributed by atoms with E-state index in [1.54, 1.807) is 0 Å². The second kappa shape index (κ2) is 6.03. The first kappa shape index (κ1) is 13.2. The Morgan fingerprint density at radius 2 is 1.71 bits per heavy atom. The van der Waals surface area contributed by atoms with Crippen molar-refractivity contribution < 1.29 is 24.6 Å². The maximum absolute atomic E-state index is 11.9. The van der Waals surface area contributed by atoms with Gasteiger partial charge in [0.2, 0.25) is 5.91 Å². The molecule has 0 fully saturated rings. The summed E-state index contributed by atoms with van der Waals surface area (Å²) in [5.41, 5.74) is 0. The highest BCUT2D eigenvalue weighted by Gasteiger charge is 2.27. The first-order valence-corrected chi connectivity index (χ1v) is 5.38. The van der Waals surface area contributed by atoms with Crippen molar-refractivity contribution in [2.45, 2.75) is 19.3 Å². The van der Waals surface area contributed by atoms with Crippen molar-refractivity contribution in [3.8, 4) is 0 Å². The number of hydrogen-bond acceptors (Lipinski definition) is 3. The molecule has 0 aliphatic heterocycles. The molecule has 2 N–H and O–H groups in total. The summed E-state index contributed by atoms with van der Waals surface area (Å²) in [5, 5.41) is 17.3. The lowest BCUT2D eigenvalue weighted by atomic mass is 9.93. The molecular formula is C11H15NO5.